The van der Waals surface area contributed by atoms with Gasteiger partial charge in [0.05, 0.1) is 18.7 Å². The lowest BCUT2D eigenvalue weighted by Crippen LogP contribution is -2.12. The van der Waals surface area contributed by atoms with Crippen LogP contribution < -0.4 is 5.32 Å². The molecule has 0 unspecified atom stereocenters. The van der Waals surface area contributed by atoms with E-state index in [-0.39, 0.29) is 18.3 Å². The number of ether oxygens (including phenoxy) is 1. The van der Waals surface area contributed by atoms with E-state index in [1.165, 1.54) is 11.3 Å². The van der Waals surface area contributed by atoms with Crippen LogP contribution >= 0.6 is 11.3 Å². The minimum absolute atomic E-state index is 0.107. The number of hydrogen-bond acceptors (Lipinski definition) is 5. The number of aromatic nitrogens is 2. The fourth-order valence-corrected chi connectivity index (χ4v) is 3.08. The predicted molar refractivity (Wildman–Crippen MR) is 93.3 cm³/mol. The Labute approximate surface area is 143 Å². The molecule has 0 aliphatic carbocycles. The molecular formula is C17H17N3O3S. The van der Waals surface area contributed by atoms with E-state index in [1.54, 1.807) is 18.4 Å². The van der Waals surface area contributed by atoms with Crippen LogP contribution in [0.1, 0.15) is 23.0 Å². The molecule has 1 amide bonds. The number of aryl methyl sites for hydroxylation is 1. The molecule has 6 nitrogen and oxygen atoms in total. The third-order valence-corrected chi connectivity index (χ3v) is 4.36. The molecule has 0 aliphatic rings. The van der Waals surface area contributed by atoms with Crippen LogP contribution in [-0.2, 0) is 23.0 Å². The van der Waals surface area contributed by atoms with Gasteiger partial charge in [-0.1, -0.05) is 6.07 Å². The second-order valence-corrected chi connectivity index (χ2v) is 6.14. The topological polar surface area (TPSA) is 73.2 Å². The molecule has 1 aromatic carbocycles. The van der Waals surface area contributed by atoms with Gasteiger partial charge in [0.15, 0.2) is 5.13 Å². The molecule has 0 fully saturated rings. The maximum atomic E-state index is 12.4. The molecule has 124 valence electrons. The first-order valence-corrected chi connectivity index (χ1v) is 8.41. The zero-order valence-corrected chi connectivity index (χ0v) is 14.2. The summed E-state index contributed by atoms with van der Waals surface area (Å²) in [5.41, 5.74) is 2.14. The number of fused-ring (bicyclic) bond motifs is 1. The first-order valence-electron chi connectivity index (χ1n) is 7.53. The van der Waals surface area contributed by atoms with Crippen molar-refractivity contribution < 1.29 is 14.3 Å². The summed E-state index contributed by atoms with van der Waals surface area (Å²) in [7, 11) is 1.94. The van der Waals surface area contributed by atoms with E-state index in [0.717, 1.165) is 10.9 Å². The molecule has 3 aromatic rings. The number of nitrogens with one attached hydrogen (secondary N) is 1. The van der Waals surface area contributed by atoms with Crippen molar-refractivity contribution in [3.63, 3.8) is 0 Å². The summed E-state index contributed by atoms with van der Waals surface area (Å²) in [6.45, 7) is 2.10. The fraction of sp³-hybridized carbons (Fsp3) is 0.235. The number of nitrogens with zero attached hydrogens (tertiary/aromatic N) is 2. The number of amides is 1. The highest BCUT2D eigenvalue weighted by atomic mass is 32.1. The first-order chi connectivity index (χ1) is 11.6. The van der Waals surface area contributed by atoms with E-state index in [9.17, 15) is 9.59 Å². The van der Waals surface area contributed by atoms with E-state index in [2.05, 4.69) is 10.3 Å². The molecule has 1 N–H and O–H groups in total. The highest BCUT2D eigenvalue weighted by Crippen LogP contribution is 2.20. The minimum Gasteiger partial charge on any atom is -0.466 e. The van der Waals surface area contributed by atoms with Gasteiger partial charge >= 0.3 is 5.97 Å². The van der Waals surface area contributed by atoms with Crippen LogP contribution in [0.4, 0.5) is 5.13 Å². The van der Waals surface area contributed by atoms with Gasteiger partial charge in [-0.25, -0.2) is 4.98 Å². The smallest absolute Gasteiger partial charge is 0.311 e. The normalized spacial score (nSPS) is 10.8. The predicted octanol–water partition coefficient (Wildman–Crippen LogP) is 2.99. The second kappa shape index (κ2) is 6.84. The molecule has 0 aliphatic heterocycles. The summed E-state index contributed by atoms with van der Waals surface area (Å²) in [6, 6.07) is 7.54. The van der Waals surface area contributed by atoms with Crippen molar-refractivity contribution >= 4 is 39.2 Å². The number of benzene rings is 1. The van der Waals surface area contributed by atoms with Crippen molar-refractivity contribution in [2.75, 3.05) is 11.9 Å². The van der Waals surface area contributed by atoms with Gasteiger partial charge in [-0.05, 0) is 30.5 Å². The summed E-state index contributed by atoms with van der Waals surface area (Å²) in [6.07, 6.45) is 2.06. The largest absolute Gasteiger partial charge is 0.466 e. The van der Waals surface area contributed by atoms with Crippen molar-refractivity contribution in [3.8, 4) is 0 Å². The number of carbonyl (C=O) groups excluding carboxylic acids is 2. The molecule has 0 saturated heterocycles. The molecule has 7 heteroatoms. The molecule has 0 saturated carbocycles. The number of thiazole rings is 1. The molecule has 3 rings (SSSR count). The van der Waals surface area contributed by atoms with Crippen LogP contribution in [0.15, 0.2) is 35.8 Å². The molecule has 2 heterocycles. The third-order valence-electron chi connectivity index (χ3n) is 3.55. The molecule has 0 spiro atoms. The van der Waals surface area contributed by atoms with Crippen molar-refractivity contribution in [1.29, 1.82) is 0 Å². The monoisotopic (exact) mass is 343 g/mol. The second-order valence-electron chi connectivity index (χ2n) is 5.28. The zero-order chi connectivity index (χ0) is 17.1. The van der Waals surface area contributed by atoms with Crippen LogP contribution in [0.2, 0.25) is 0 Å². The molecule has 24 heavy (non-hydrogen) atoms. The number of anilines is 1. The number of esters is 1. The quantitative estimate of drug-likeness (QED) is 0.723. The molecule has 0 bridgehead atoms. The number of rotatable bonds is 5. The number of hydrogen-bond donors (Lipinski definition) is 1. The molecule has 0 radical (unpaired) electrons. The average Bonchev–Trinajstić information content (AvgIpc) is 3.14. The lowest BCUT2D eigenvalue weighted by molar-refractivity contribution is -0.142. The van der Waals surface area contributed by atoms with Crippen molar-refractivity contribution in [2.45, 2.75) is 13.3 Å². The maximum Gasteiger partial charge on any atom is 0.311 e. The zero-order valence-electron chi connectivity index (χ0n) is 13.4. The van der Waals surface area contributed by atoms with Gasteiger partial charge < -0.3 is 9.30 Å². The summed E-state index contributed by atoms with van der Waals surface area (Å²) >= 11 is 1.29. The Balaban J connectivity index is 1.70. The van der Waals surface area contributed by atoms with Crippen LogP contribution in [0.5, 0.6) is 0 Å². The Morgan fingerprint density at radius 1 is 1.33 bits per heavy atom. The Kier molecular flexibility index (Phi) is 4.61. The Hall–Kier alpha value is -2.67. The van der Waals surface area contributed by atoms with E-state index < -0.39 is 0 Å². The van der Waals surface area contributed by atoms with E-state index >= 15 is 0 Å². The molecular weight excluding hydrogens is 326 g/mol. The van der Waals surface area contributed by atoms with Gasteiger partial charge in [0, 0.05) is 29.7 Å². The van der Waals surface area contributed by atoms with Crippen molar-refractivity contribution in [2.24, 2.45) is 7.05 Å². The Bertz CT molecular complexity index is 898. The van der Waals surface area contributed by atoms with E-state index in [1.807, 2.05) is 36.0 Å². The van der Waals surface area contributed by atoms with Gasteiger partial charge in [-0.15, -0.1) is 11.3 Å². The highest BCUT2D eigenvalue weighted by Gasteiger charge is 2.12. The Morgan fingerprint density at radius 3 is 2.96 bits per heavy atom. The Morgan fingerprint density at radius 2 is 2.17 bits per heavy atom. The molecule has 2 aromatic heterocycles. The number of carbonyl (C=O) groups is 2. The molecule has 0 atom stereocenters. The van der Waals surface area contributed by atoms with Gasteiger partial charge in [-0.2, -0.15) is 0 Å². The summed E-state index contributed by atoms with van der Waals surface area (Å²) in [4.78, 5) is 28.1. The van der Waals surface area contributed by atoms with Crippen LogP contribution in [0, 0.1) is 0 Å². The van der Waals surface area contributed by atoms with Crippen LogP contribution in [0.25, 0.3) is 10.9 Å². The van der Waals surface area contributed by atoms with Gasteiger partial charge in [0.1, 0.15) is 0 Å². The van der Waals surface area contributed by atoms with Gasteiger partial charge in [0.25, 0.3) is 5.91 Å². The van der Waals surface area contributed by atoms with E-state index in [0.29, 0.717) is 23.0 Å². The highest BCUT2D eigenvalue weighted by molar-refractivity contribution is 7.14. The van der Waals surface area contributed by atoms with Crippen LogP contribution in [0.3, 0.4) is 0 Å². The maximum absolute atomic E-state index is 12.4. The van der Waals surface area contributed by atoms with Gasteiger partial charge in [-0.3, -0.25) is 14.9 Å². The summed E-state index contributed by atoms with van der Waals surface area (Å²) in [5, 5.41) is 6.06. The average molecular weight is 343 g/mol. The minimum atomic E-state index is -0.324. The van der Waals surface area contributed by atoms with Gasteiger partial charge in [0.2, 0.25) is 0 Å². The fourth-order valence-electron chi connectivity index (χ4n) is 2.38. The third kappa shape index (κ3) is 3.46. The van der Waals surface area contributed by atoms with Crippen LogP contribution in [-0.4, -0.2) is 28.0 Å². The van der Waals surface area contributed by atoms with E-state index in [4.69, 9.17) is 4.74 Å². The lowest BCUT2D eigenvalue weighted by Gasteiger charge is -2.03. The lowest BCUT2D eigenvalue weighted by atomic mass is 10.1. The summed E-state index contributed by atoms with van der Waals surface area (Å²) in [5.74, 6) is -0.551. The SMILES string of the molecule is CCOC(=O)Cc1csc(NC(=O)c2ccc3ccn(C)c3c2)n1. The van der Waals surface area contributed by atoms with Crippen molar-refractivity contribution in [3.05, 3.63) is 47.1 Å². The summed E-state index contributed by atoms with van der Waals surface area (Å²) < 4.78 is 6.85. The standard InChI is InChI=1S/C17H17N3O3S/c1-3-23-15(21)9-13-10-24-17(18-13)19-16(22)12-5-4-11-6-7-20(2)14(11)8-12/h4-8,10H,3,9H2,1-2H3,(H,18,19,22). The van der Waals surface area contributed by atoms with Crippen molar-refractivity contribution in [1.82, 2.24) is 9.55 Å². The first kappa shape index (κ1) is 16.2.